The standard InChI is InChI=1S/C31H34FN5O3/c1-39-28-33-12-7-23(34-28)29-8-10-31(11-9-29,22(32)17-29)24(35-27(38)30-14-18(15-30)16-30)20-3-2-4-21(13-20)26-36-25(37-40-26)19-5-6-19/h2-4,7,12-13,18-19,22,24H,5-6,8-11,14-17H2,1H3,(H,35,38). The molecule has 3 aromatic rings. The van der Waals surface area contributed by atoms with Crippen LogP contribution in [0.4, 0.5) is 4.39 Å². The van der Waals surface area contributed by atoms with Crippen LogP contribution in [0.2, 0.25) is 0 Å². The van der Waals surface area contributed by atoms with Gasteiger partial charge in [0, 0.05) is 33.9 Å². The van der Waals surface area contributed by atoms with Gasteiger partial charge >= 0.3 is 6.01 Å². The number of ether oxygens (including phenoxy) is 1. The van der Waals surface area contributed by atoms with Gasteiger partial charge < -0.3 is 14.6 Å². The summed E-state index contributed by atoms with van der Waals surface area (Å²) in [5.41, 5.74) is 1.29. The van der Waals surface area contributed by atoms with Crippen molar-refractivity contribution in [3.8, 4) is 17.5 Å². The predicted octanol–water partition coefficient (Wildman–Crippen LogP) is 5.61. The van der Waals surface area contributed by atoms with Crippen LogP contribution in [0, 0.1) is 16.7 Å². The van der Waals surface area contributed by atoms with Crippen LogP contribution in [0.25, 0.3) is 11.5 Å². The van der Waals surface area contributed by atoms with Crippen molar-refractivity contribution < 1.29 is 18.4 Å². The Bertz CT molecular complexity index is 1460. The number of carbonyl (C=O) groups excluding carboxylic acids is 1. The Balaban J connectivity index is 1.14. The van der Waals surface area contributed by atoms with E-state index < -0.39 is 17.6 Å². The second kappa shape index (κ2) is 8.57. The van der Waals surface area contributed by atoms with Crippen molar-refractivity contribution >= 4 is 5.91 Å². The summed E-state index contributed by atoms with van der Waals surface area (Å²) in [6, 6.07) is 9.72. The molecule has 208 valence electrons. The smallest absolute Gasteiger partial charge is 0.316 e. The summed E-state index contributed by atoms with van der Waals surface area (Å²) in [6.07, 6.45) is 9.00. The maximum Gasteiger partial charge on any atom is 0.316 e. The molecule has 1 aromatic carbocycles. The van der Waals surface area contributed by atoms with Gasteiger partial charge in [0.15, 0.2) is 5.82 Å². The number of nitrogens with one attached hydrogen (secondary N) is 1. The summed E-state index contributed by atoms with van der Waals surface area (Å²) in [6.45, 7) is 0. The molecular weight excluding hydrogens is 509 g/mol. The number of hydrogen-bond acceptors (Lipinski definition) is 7. The molecule has 2 heterocycles. The molecule has 0 radical (unpaired) electrons. The molecule has 7 fully saturated rings. The zero-order chi connectivity index (χ0) is 27.1. The number of benzene rings is 1. The van der Waals surface area contributed by atoms with Crippen LogP contribution >= 0.6 is 0 Å². The lowest BCUT2D eigenvalue weighted by atomic mass is 9.44. The van der Waals surface area contributed by atoms with Gasteiger partial charge in [0.25, 0.3) is 5.89 Å². The van der Waals surface area contributed by atoms with E-state index in [1.54, 1.807) is 13.3 Å². The predicted molar refractivity (Wildman–Crippen MR) is 143 cm³/mol. The molecule has 2 atom stereocenters. The number of methoxy groups -OCH3 is 1. The number of rotatable bonds is 8. The van der Waals surface area contributed by atoms with E-state index in [1.807, 2.05) is 30.3 Å². The van der Waals surface area contributed by atoms with Gasteiger partial charge in [-0.05, 0) is 93.9 Å². The summed E-state index contributed by atoms with van der Waals surface area (Å²) in [7, 11) is 1.55. The van der Waals surface area contributed by atoms with Crippen LogP contribution in [0.1, 0.15) is 93.2 Å². The molecule has 7 saturated carbocycles. The van der Waals surface area contributed by atoms with E-state index in [-0.39, 0.29) is 16.7 Å². The zero-order valence-electron chi connectivity index (χ0n) is 22.7. The lowest BCUT2D eigenvalue weighted by Crippen LogP contribution is -2.63. The largest absolute Gasteiger partial charge is 0.467 e. The number of nitrogens with zero attached hydrogens (tertiary/aromatic N) is 4. The molecule has 2 aromatic heterocycles. The molecule has 40 heavy (non-hydrogen) atoms. The Morgan fingerprint density at radius 1 is 1.10 bits per heavy atom. The molecule has 4 bridgehead atoms. The fourth-order valence-corrected chi connectivity index (χ4v) is 8.13. The van der Waals surface area contributed by atoms with E-state index in [1.165, 1.54) is 0 Å². The average Bonchev–Trinajstić information content (AvgIpc) is 3.67. The Morgan fingerprint density at radius 2 is 1.90 bits per heavy atom. The third-order valence-electron chi connectivity index (χ3n) is 10.9. The third-order valence-corrected chi connectivity index (χ3v) is 10.9. The minimum Gasteiger partial charge on any atom is -0.467 e. The van der Waals surface area contributed by atoms with E-state index in [0.29, 0.717) is 43.0 Å². The van der Waals surface area contributed by atoms with Crippen molar-refractivity contribution in [3.63, 3.8) is 0 Å². The van der Waals surface area contributed by atoms with Crippen LogP contribution < -0.4 is 10.1 Å². The van der Waals surface area contributed by atoms with Crippen molar-refractivity contribution in [2.24, 2.45) is 16.7 Å². The van der Waals surface area contributed by atoms with Crippen LogP contribution in [0.15, 0.2) is 41.1 Å². The molecule has 9 heteroatoms. The Hall–Kier alpha value is -3.36. The van der Waals surface area contributed by atoms with Gasteiger partial charge in [-0.2, -0.15) is 9.97 Å². The minimum atomic E-state index is -1.09. The van der Waals surface area contributed by atoms with Gasteiger partial charge in [-0.1, -0.05) is 17.3 Å². The number of hydrogen-bond donors (Lipinski definition) is 1. The highest BCUT2D eigenvalue weighted by Gasteiger charge is 2.64. The van der Waals surface area contributed by atoms with Gasteiger partial charge in [-0.25, -0.2) is 9.37 Å². The van der Waals surface area contributed by atoms with Gasteiger partial charge in [-0.15, -0.1) is 0 Å². The second-order valence-electron chi connectivity index (χ2n) is 13.1. The normalized spacial score (nSPS) is 34.5. The SMILES string of the molecule is COc1nccc(C23CCC(C(NC(=O)C45CC(C4)C5)c4cccc(-c5nc(C6CC6)no5)c4)(CC2)C(F)C3)n1. The monoisotopic (exact) mass is 543 g/mol. The van der Waals surface area contributed by atoms with E-state index in [2.05, 4.69) is 25.4 Å². The first kappa shape index (κ1) is 24.4. The minimum absolute atomic E-state index is 0.0868. The molecule has 7 aliphatic rings. The van der Waals surface area contributed by atoms with Gasteiger partial charge in [0.2, 0.25) is 5.91 Å². The number of amides is 1. The van der Waals surface area contributed by atoms with E-state index in [9.17, 15) is 4.79 Å². The van der Waals surface area contributed by atoms with Crippen molar-refractivity contribution in [1.82, 2.24) is 25.4 Å². The first-order valence-electron chi connectivity index (χ1n) is 14.7. The van der Waals surface area contributed by atoms with E-state index >= 15 is 4.39 Å². The maximum atomic E-state index is 16.7. The highest BCUT2D eigenvalue weighted by molar-refractivity contribution is 5.86. The number of carbonyl (C=O) groups is 1. The summed E-state index contributed by atoms with van der Waals surface area (Å²) in [5, 5.41) is 7.61. The first-order chi connectivity index (χ1) is 19.4. The maximum absolute atomic E-state index is 16.7. The first-order valence-corrected chi connectivity index (χ1v) is 14.7. The van der Waals surface area contributed by atoms with Crippen LogP contribution in [-0.4, -0.2) is 39.3 Å². The summed E-state index contributed by atoms with van der Waals surface area (Å²) in [4.78, 5) is 27.1. The molecule has 0 aliphatic heterocycles. The number of fused-ring (bicyclic) bond motifs is 3. The zero-order valence-corrected chi connectivity index (χ0v) is 22.7. The molecule has 7 aliphatic carbocycles. The molecule has 1 N–H and O–H groups in total. The fourth-order valence-electron chi connectivity index (χ4n) is 8.13. The highest BCUT2D eigenvalue weighted by atomic mass is 19.1. The van der Waals surface area contributed by atoms with Crippen LogP contribution in [0.3, 0.4) is 0 Å². The molecular formula is C31H34FN5O3. The topological polar surface area (TPSA) is 103 Å². The quantitative estimate of drug-likeness (QED) is 0.394. The Morgan fingerprint density at radius 3 is 2.58 bits per heavy atom. The van der Waals surface area contributed by atoms with Crippen LogP contribution in [-0.2, 0) is 10.2 Å². The van der Waals surface area contributed by atoms with Gasteiger partial charge in [-0.3, -0.25) is 4.79 Å². The molecule has 0 saturated heterocycles. The lowest BCUT2D eigenvalue weighted by Gasteiger charge is -2.62. The van der Waals surface area contributed by atoms with Crippen molar-refractivity contribution in [3.05, 3.63) is 53.6 Å². The Kier molecular flexibility index (Phi) is 5.24. The van der Waals surface area contributed by atoms with Crippen molar-refractivity contribution in [2.75, 3.05) is 7.11 Å². The number of aromatic nitrogens is 4. The van der Waals surface area contributed by atoms with E-state index in [4.69, 9.17) is 9.26 Å². The van der Waals surface area contributed by atoms with Crippen molar-refractivity contribution in [1.29, 1.82) is 0 Å². The molecule has 8 nitrogen and oxygen atoms in total. The number of alkyl halides is 1. The molecule has 0 spiro atoms. The summed E-state index contributed by atoms with van der Waals surface area (Å²) in [5.74, 6) is 2.41. The second-order valence-corrected chi connectivity index (χ2v) is 13.1. The summed E-state index contributed by atoms with van der Waals surface area (Å²) >= 11 is 0. The van der Waals surface area contributed by atoms with Crippen molar-refractivity contribution in [2.45, 2.75) is 87.8 Å². The molecule has 2 unspecified atom stereocenters. The lowest BCUT2D eigenvalue weighted by molar-refractivity contribution is -0.169. The van der Waals surface area contributed by atoms with Crippen LogP contribution in [0.5, 0.6) is 6.01 Å². The van der Waals surface area contributed by atoms with Gasteiger partial charge in [0.1, 0.15) is 6.17 Å². The number of halogens is 1. The fraction of sp³-hybridized carbons (Fsp3) is 0.581. The third kappa shape index (κ3) is 3.58. The molecule has 1 amide bonds. The van der Waals surface area contributed by atoms with E-state index in [0.717, 1.165) is 67.6 Å². The average molecular weight is 544 g/mol. The summed E-state index contributed by atoms with van der Waals surface area (Å²) < 4.78 is 27.6. The van der Waals surface area contributed by atoms with Gasteiger partial charge in [0.05, 0.1) is 18.8 Å². The highest BCUT2D eigenvalue weighted by Crippen LogP contribution is 2.66. The Labute approximate surface area is 232 Å². The molecule has 10 rings (SSSR count).